The van der Waals surface area contributed by atoms with E-state index in [0.29, 0.717) is 6.61 Å². The lowest BCUT2D eigenvalue weighted by Crippen LogP contribution is -2.44. The molecule has 2 fully saturated rings. The fourth-order valence-electron chi connectivity index (χ4n) is 2.81. The first-order chi connectivity index (χ1) is 9.14. The van der Waals surface area contributed by atoms with Crippen LogP contribution in [0.1, 0.15) is 39.0 Å². The lowest BCUT2D eigenvalue weighted by atomic mass is 9.95. The molecule has 1 saturated carbocycles. The molecule has 3 rings (SSSR count). The SMILES string of the molecule is CC1COP(=O)(C2(Nn3cnnc3)CCCCC2)O1. The molecule has 2 heterocycles. The average molecular weight is 286 g/mol. The quantitative estimate of drug-likeness (QED) is 0.857. The van der Waals surface area contributed by atoms with Gasteiger partial charge in [0.05, 0.1) is 12.7 Å². The van der Waals surface area contributed by atoms with Crippen LogP contribution in [0.3, 0.4) is 0 Å². The maximum Gasteiger partial charge on any atom is 0.357 e. The number of nitrogens with one attached hydrogen (secondary N) is 1. The standard InChI is InChI=1S/C11H19N4O3P/c1-10-7-17-19(16,18-10)11(5-3-2-4-6-11)14-15-8-12-13-9-15/h8-10,14H,2-7H2,1H3. The predicted molar refractivity (Wildman–Crippen MR) is 69.3 cm³/mol. The normalized spacial score (nSPS) is 34.3. The van der Waals surface area contributed by atoms with E-state index in [2.05, 4.69) is 15.6 Å². The Morgan fingerprint density at radius 3 is 2.58 bits per heavy atom. The third kappa shape index (κ3) is 2.30. The van der Waals surface area contributed by atoms with Crippen molar-refractivity contribution in [3.63, 3.8) is 0 Å². The van der Waals surface area contributed by atoms with Crippen LogP contribution in [-0.2, 0) is 13.6 Å². The zero-order valence-corrected chi connectivity index (χ0v) is 11.9. The summed E-state index contributed by atoms with van der Waals surface area (Å²) in [6.07, 6.45) is 7.73. The molecule has 2 aliphatic rings. The van der Waals surface area contributed by atoms with Crippen molar-refractivity contribution < 1.29 is 13.6 Å². The van der Waals surface area contributed by atoms with Gasteiger partial charge in [0.15, 0.2) is 5.28 Å². The van der Waals surface area contributed by atoms with E-state index in [-0.39, 0.29) is 6.10 Å². The average Bonchev–Trinajstić information content (AvgIpc) is 3.01. The fourth-order valence-corrected chi connectivity index (χ4v) is 5.36. The minimum atomic E-state index is -3.16. The van der Waals surface area contributed by atoms with Gasteiger partial charge in [-0.1, -0.05) is 19.3 Å². The number of nitrogens with zero attached hydrogens (tertiary/aromatic N) is 3. The molecule has 1 saturated heterocycles. The van der Waals surface area contributed by atoms with Crippen LogP contribution >= 0.6 is 7.60 Å². The molecule has 19 heavy (non-hydrogen) atoms. The van der Waals surface area contributed by atoms with Gasteiger partial charge in [-0.2, -0.15) is 0 Å². The molecule has 1 aliphatic carbocycles. The van der Waals surface area contributed by atoms with Crippen LogP contribution in [0.4, 0.5) is 0 Å². The molecule has 106 valence electrons. The van der Waals surface area contributed by atoms with Crippen molar-refractivity contribution in [3.8, 4) is 0 Å². The zero-order chi connectivity index (χ0) is 13.3. The highest BCUT2D eigenvalue weighted by Gasteiger charge is 2.55. The second kappa shape index (κ2) is 4.89. The van der Waals surface area contributed by atoms with E-state index in [4.69, 9.17) is 9.05 Å². The summed E-state index contributed by atoms with van der Waals surface area (Å²) in [6.45, 7) is 2.28. The largest absolute Gasteiger partial charge is 0.357 e. The van der Waals surface area contributed by atoms with Crippen molar-refractivity contribution in [2.75, 3.05) is 12.0 Å². The highest BCUT2D eigenvalue weighted by Crippen LogP contribution is 2.67. The third-order valence-corrected chi connectivity index (χ3v) is 6.48. The summed E-state index contributed by atoms with van der Waals surface area (Å²) in [5, 5.41) is 6.87. The van der Waals surface area contributed by atoms with Crippen molar-refractivity contribution >= 4 is 7.60 Å². The summed E-state index contributed by atoms with van der Waals surface area (Å²) in [7, 11) is -3.16. The Bertz CT molecular complexity index is 472. The van der Waals surface area contributed by atoms with Crippen LogP contribution in [-0.4, -0.2) is 32.9 Å². The Morgan fingerprint density at radius 2 is 2.00 bits per heavy atom. The number of hydrogen-bond donors (Lipinski definition) is 1. The Labute approximate surface area is 112 Å². The van der Waals surface area contributed by atoms with Crippen LogP contribution < -0.4 is 5.43 Å². The summed E-state index contributed by atoms with van der Waals surface area (Å²) in [6, 6.07) is 0. The van der Waals surface area contributed by atoms with Gasteiger partial charge in [-0.05, 0) is 19.8 Å². The van der Waals surface area contributed by atoms with Gasteiger partial charge in [-0.3, -0.25) is 4.57 Å². The van der Waals surface area contributed by atoms with Gasteiger partial charge in [0.25, 0.3) is 0 Å². The summed E-state index contributed by atoms with van der Waals surface area (Å²) in [5.41, 5.74) is 3.26. The van der Waals surface area contributed by atoms with Gasteiger partial charge in [0, 0.05) is 0 Å². The molecule has 0 bridgehead atoms. The van der Waals surface area contributed by atoms with Crippen molar-refractivity contribution in [1.29, 1.82) is 0 Å². The third-order valence-electron chi connectivity index (χ3n) is 3.76. The summed E-state index contributed by atoms with van der Waals surface area (Å²) < 4.78 is 25.9. The molecule has 1 aromatic heterocycles. The van der Waals surface area contributed by atoms with Gasteiger partial charge >= 0.3 is 7.60 Å². The molecule has 0 amide bonds. The van der Waals surface area contributed by atoms with E-state index in [0.717, 1.165) is 32.1 Å². The first kappa shape index (κ1) is 13.1. The molecule has 0 radical (unpaired) electrons. The van der Waals surface area contributed by atoms with Crippen LogP contribution in [0.25, 0.3) is 0 Å². The second-order valence-corrected chi connectivity index (χ2v) is 7.60. The molecular weight excluding hydrogens is 267 g/mol. The van der Waals surface area contributed by atoms with E-state index in [1.807, 2.05) is 6.92 Å². The summed E-state index contributed by atoms with van der Waals surface area (Å²) >= 11 is 0. The van der Waals surface area contributed by atoms with Gasteiger partial charge in [-0.15, -0.1) is 10.2 Å². The lowest BCUT2D eigenvalue weighted by Gasteiger charge is -2.40. The zero-order valence-electron chi connectivity index (χ0n) is 11.0. The van der Waals surface area contributed by atoms with E-state index < -0.39 is 12.9 Å². The van der Waals surface area contributed by atoms with E-state index in [1.165, 1.54) is 0 Å². The Kier molecular flexibility index (Phi) is 3.37. The highest BCUT2D eigenvalue weighted by molar-refractivity contribution is 7.56. The fraction of sp³-hybridized carbons (Fsp3) is 0.818. The number of rotatable bonds is 3. The molecule has 1 N–H and O–H groups in total. The molecule has 8 heteroatoms. The summed E-state index contributed by atoms with van der Waals surface area (Å²) in [4.78, 5) is 0. The van der Waals surface area contributed by atoms with Crippen LogP contribution in [0.5, 0.6) is 0 Å². The Hall–Kier alpha value is -0.910. The lowest BCUT2D eigenvalue weighted by molar-refractivity contribution is 0.241. The number of hydrogen-bond acceptors (Lipinski definition) is 6. The minimum absolute atomic E-state index is 0.118. The van der Waals surface area contributed by atoms with Crippen LogP contribution in [0, 0.1) is 0 Å². The monoisotopic (exact) mass is 286 g/mol. The van der Waals surface area contributed by atoms with Crippen LogP contribution in [0.15, 0.2) is 12.7 Å². The van der Waals surface area contributed by atoms with Gasteiger partial charge in [-0.25, -0.2) is 4.68 Å². The Morgan fingerprint density at radius 1 is 1.32 bits per heavy atom. The van der Waals surface area contributed by atoms with Gasteiger partial charge in [0.2, 0.25) is 0 Å². The van der Waals surface area contributed by atoms with Crippen molar-refractivity contribution in [2.45, 2.75) is 50.4 Å². The molecular formula is C11H19N4O3P. The van der Waals surface area contributed by atoms with Gasteiger partial charge < -0.3 is 14.5 Å². The number of aromatic nitrogens is 3. The molecule has 2 unspecified atom stereocenters. The topological polar surface area (TPSA) is 78.3 Å². The van der Waals surface area contributed by atoms with Gasteiger partial charge in [0.1, 0.15) is 12.7 Å². The molecule has 1 aliphatic heterocycles. The maximum atomic E-state index is 13.1. The highest BCUT2D eigenvalue weighted by atomic mass is 31.2. The van der Waals surface area contributed by atoms with Crippen LogP contribution in [0.2, 0.25) is 0 Å². The van der Waals surface area contributed by atoms with E-state index >= 15 is 0 Å². The van der Waals surface area contributed by atoms with Crippen molar-refractivity contribution in [3.05, 3.63) is 12.7 Å². The predicted octanol–water partition coefficient (Wildman–Crippen LogP) is 2.11. The Balaban J connectivity index is 1.90. The van der Waals surface area contributed by atoms with E-state index in [9.17, 15) is 4.57 Å². The molecule has 0 aromatic carbocycles. The minimum Gasteiger partial charge on any atom is -0.305 e. The van der Waals surface area contributed by atoms with E-state index in [1.54, 1.807) is 17.3 Å². The molecule has 7 nitrogen and oxygen atoms in total. The first-order valence-corrected chi connectivity index (χ1v) is 8.24. The maximum absolute atomic E-state index is 13.1. The van der Waals surface area contributed by atoms with Crippen molar-refractivity contribution in [2.24, 2.45) is 0 Å². The first-order valence-electron chi connectivity index (χ1n) is 6.69. The summed E-state index contributed by atoms with van der Waals surface area (Å²) in [5.74, 6) is 0. The molecule has 0 spiro atoms. The molecule has 1 aromatic rings. The molecule has 2 atom stereocenters. The second-order valence-electron chi connectivity index (χ2n) is 5.28. The smallest absolute Gasteiger partial charge is 0.305 e. The van der Waals surface area contributed by atoms with Crippen molar-refractivity contribution in [1.82, 2.24) is 14.9 Å².